The van der Waals surface area contributed by atoms with Crippen molar-refractivity contribution in [2.24, 2.45) is 0 Å². The van der Waals surface area contributed by atoms with Crippen molar-refractivity contribution in [2.75, 3.05) is 0 Å². The lowest BCUT2D eigenvalue weighted by molar-refractivity contribution is -0.268. The number of ketones is 2. The van der Waals surface area contributed by atoms with Gasteiger partial charge in [-0.15, -0.1) is 0 Å². The van der Waals surface area contributed by atoms with Gasteiger partial charge >= 0.3 is 5.97 Å². The molecule has 3 rings (SSSR count). The monoisotopic (exact) mass is 283 g/mol. The lowest BCUT2D eigenvalue weighted by atomic mass is 9.82. The van der Waals surface area contributed by atoms with Gasteiger partial charge in [-0.1, -0.05) is 23.9 Å². The molecule has 104 valence electrons. The summed E-state index contributed by atoms with van der Waals surface area (Å²) in [5.41, 5.74) is -1.10. The lowest BCUT2D eigenvalue weighted by Crippen LogP contribution is -2.23. The first kappa shape index (κ1) is 12.9. The standard InChI is InChI=1S/C15H8O6/c16-10-3-1-2-6-12(10)14(19)7-4-9(15(20)21)11(17)5-8(7)13(6)18/h1-5,16-17H,(H,20,21)/p-1. The third kappa shape index (κ3) is 1.69. The van der Waals surface area contributed by atoms with Gasteiger partial charge in [0.1, 0.15) is 11.3 Å². The molecule has 0 heterocycles. The fourth-order valence-corrected chi connectivity index (χ4v) is 2.37. The topological polar surface area (TPSA) is 115 Å². The Labute approximate surface area is 117 Å². The van der Waals surface area contributed by atoms with Crippen LogP contribution < -0.4 is 5.11 Å². The van der Waals surface area contributed by atoms with E-state index in [1.54, 1.807) is 0 Å². The molecule has 0 saturated heterocycles. The molecule has 6 heteroatoms. The van der Waals surface area contributed by atoms with E-state index < -0.39 is 34.6 Å². The number of fused-ring (bicyclic) bond motifs is 2. The van der Waals surface area contributed by atoms with Gasteiger partial charge in [-0.25, -0.2) is 4.79 Å². The number of aromatic carboxylic acids is 1. The van der Waals surface area contributed by atoms with Crippen LogP contribution in [0, 0.1) is 0 Å². The van der Waals surface area contributed by atoms with Crippen molar-refractivity contribution in [3.8, 4) is 11.5 Å². The highest BCUT2D eigenvalue weighted by atomic mass is 16.4. The first-order chi connectivity index (χ1) is 9.91. The zero-order valence-electron chi connectivity index (χ0n) is 10.4. The molecule has 0 unspecified atom stereocenters. The molecule has 2 aromatic rings. The van der Waals surface area contributed by atoms with Gasteiger partial charge in [-0.2, -0.15) is 0 Å². The fourth-order valence-electron chi connectivity index (χ4n) is 2.37. The van der Waals surface area contributed by atoms with Crippen molar-refractivity contribution in [3.63, 3.8) is 0 Å². The van der Waals surface area contributed by atoms with Gasteiger partial charge in [0, 0.05) is 22.3 Å². The van der Waals surface area contributed by atoms with E-state index in [-0.39, 0.29) is 22.3 Å². The Morgan fingerprint density at radius 3 is 2.33 bits per heavy atom. The highest BCUT2D eigenvalue weighted by Crippen LogP contribution is 2.34. The Morgan fingerprint density at radius 1 is 1.00 bits per heavy atom. The third-order valence-electron chi connectivity index (χ3n) is 3.35. The highest BCUT2D eigenvalue weighted by Gasteiger charge is 2.31. The minimum Gasteiger partial charge on any atom is -0.872 e. The maximum absolute atomic E-state index is 12.3. The van der Waals surface area contributed by atoms with Crippen LogP contribution in [0.15, 0.2) is 30.3 Å². The first-order valence-electron chi connectivity index (χ1n) is 5.91. The number of rotatable bonds is 1. The Morgan fingerprint density at radius 2 is 1.67 bits per heavy atom. The summed E-state index contributed by atoms with van der Waals surface area (Å²) in [4.78, 5) is 35.6. The summed E-state index contributed by atoms with van der Waals surface area (Å²) in [7, 11) is 0. The van der Waals surface area contributed by atoms with E-state index in [1.165, 1.54) is 12.1 Å². The van der Waals surface area contributed by atoms with E-state index in [1.807, 2.05) is 0 Å². The molecule has 0 saturated carbocycles. The van der Waals surface area contributed by atoms with Gasteiger partial charge in [0.15, 0.2) is 11.6 Å². The Balaban J connectivity index is 2.34. The molecule has 0 aliphatic heterocycles. The van der Waals surface area contributed by atoms with Crippen molar-refractivity contribution in [3.05, 3.63) is 58.1 Å². The highest BCUT2D eigenvalue weighted by molar-refractivity contribution is 6.29. The molecule has 2 N–H and O–H groups in total. The summed E-state index contributed by atoms with van der Waals surface area (Å²) in [6, 6.07) is 5.74. The van der Waals surface area contributed by atoms with Crippen LogP contribution in [0.4, 0.5) is 0 Å². The molecular weight excluding hydrogens is 276 g/mol. The van der Waals surface area contributed by atoms with Crippen LogP contribution in [-0.4, -0.2) is 27.7 Å². The molecule has 1 aliphatic carbocycles. The molecule has 0 amide bonds. The van der Waals surface area contributed by atoms with E-state index >= 15 is 0 Å². The van der Waals surface area contributed by atoms with E-state index in [0.717, 1.165) is 18.2 Å². The average Bonchev–Trinajstić information content (AvgIpc) is 2.43. The number of carboxylic acids is 1. The van der Waals surface area contributed by atoms with Crippen molar-refractivity contribution in [1.82, 2.24) is 0 Å². The summed E-state index contributed by atoms with van der Waals surface area (Å²) in [5, 5.41) is 30.4. The lowest BCUT2D eigenvalue weighted by Gasteiger charge is -2.22. The van der Waals surface area contributed by atoms with Gasteiger partial charge in [-0.05, 0) is 12.1 Å². The zero-order valence-corrected chi connectivity index (χ0v) is 10.4. The van der Waals surface area contributed by atoms with Gasteiger partial charge in [-0.3, -0.25) is 9.59 Å². The summed E-state index contributed by atoms with van der Waals surface area (Å²) >= 11 is 0. The maximum Gasteiger partial charge on any atom is 0.339 e. The predicted molar refractivity (Wildman–Crippen MR) is 67.8 cm³/mol. The van der Waals surface area contributed by atoms with Crippen molar-refractivity contribution >= 4 is 17.5 Å². The van der Waals surface area contributed by atoms with Gasteiger partial charge in [0.25, 0.3) is 0 Å². The number of hydrogen-bond donors (Lipinski definition) is 2. The van der Waals surface area contributed by atoms with Crippen LogP contribution in [-0.2, 0) is 0 Å². The van der Waals surface area contributed by atoms with E-state index in [2.05, 4.69) is 0 Å². The number of carbonyl (C=O) groups is 3. The predicted octanol–water partition coefficient (Wildman–Crippen LogP) is 0.939. The minimum atomic E-state index is -1.43. The Kier molecular flexibility index (Phi) is 2.56. The van der Waals surface area contributed by atoms with Gasteiger partial charge in [0.2, 0.25) is 0 Å². The van der Waals surface area contributed by atoms with E-state index in [0.29, 0.717) is 0 Å². The minimum absolute atomic E-state index is 0.0394. The van der Waals surface area contributed by atoms with Crippen LogP contribution >= 0.6 is 0 Å². The maximum atomic E-state index is 12.3. The summed E-state index contributed by atoms with van der Waals surface area (Å²) in [6.45, 7) is 0. The third-order valence-corrected chi connectivity index (χ3v) is 3.35. The molecule has 1 aliphatic rings. The second-order valence-electron chi connectivity index (χ2n) is 4.56. The summed E-state index contributed by atoms with van der Waals surface area (Å²) in [5.74, 6) is -3.94. The largest absolute Gasteiger partial charge is 0.872 e. The molecular formula is C15H7O6-. The van der Waals surface area contributed by atoms with Crippen molar-refractivity contribution in [2.45, 2.75) is 0 Å². The molecule has 6 nitrogen and oxygen atoms in total. The molecule has 0 radical (unpaired) electrons. The van der Waals surface area contributed by atoms with Crippen LogP contribution in [0.3, 0.4) is 0 Å². The molecule has 0 aromatic heterocycles. The Bertz CT molecular complexity index is 834. The molecule has 0 spiro atoms. The Hall–Kier alpha value is -3.15. The molecule has 0 fully saturated rings. The smallest absolute Gasteiger partial charge is 0.339 e. The van der Waals surface area contributed by atoms with Crippen molar-refractivity contribution in [1.29, 1.82) is 0 Å². The molecule has 0 bridgehead atoms. The van der Waals surface area contributed by atoms with Crippen molar-refractivity contribution < 1.29 is 29.7 Å². The summed E-state index contributed by atoms with van der Waals surface area (Å²) < 4.78 is 0. The van der Waals surface area contributed by atoms with E-state index in [9.17, 15) is 24.6 Å². The number of benzene rings is 2. The SMILES string of the molecule is O=C(O)c1cc2c(cc1O)C(=O)c1cccc([O-])c1C2=O. The number of carboxylic acid groups (broad SMARTS) is 1. The zero-order chi connectivity index (χ0) is 15.3. The quantitative estimate of drug-likeness (QED) is 0.686. The van der Waals surface area contributed by atoms with Gasteiger partial charge < -0.3 is 15.3 Å². The molecule has 2 aromatic carbocycles. The second kappa shape index (κ2) is 4.17. The molecule has 21 heavy (non-hydrogen) atoms. The number of carbonyl (C=O) groups excluding carboxylic acids is 2. The number of phenols is 1. The van der Waals surface area contributed by atoms with Crippen LogP contribution in [0.5, 0.6) is 11.5 Å². The van der Waals surface area contributed by atoms with Crippen LogP contribution in [0.2, 0.25) is 0 Å². The van der Waals surface area contributed by atoms with Gasteiger partial charge in [0.05, 0.1) is 0 Å². The number of aromatic hydroxyl groups is 1. The average molecular weight is 283 g/mol. The number of hydrogen-bond acceptors (Lipinski definition) is 5. The van der Waals surface area contributed by atoms with Crippen LogP contribution in [0.25, 0.3) is 0 Å². The van der Waals surface area contributed by atoms with Crippen LogP contribution in [0.1, 0.15) is 42.2 Å². The van der Waals surface area contributed by atoms with E-state index in [4.69, 9.17) is 5.11 Å². The molecule has 0 atom stereocenters. The summed E-state index contributed by atoms with van der Waals surface area (Å²) in [6.07, 6.45) is 0. The second-order valence-corrected chi connectivity index (χ2v) is 4.56. The fraction of sp³-hybridized carbons (Fsp3) is 0. The normalized spacial score (nSPS) is 12.8. The first-order valence-corrected chi connectivity index (χ1v) is 5.91.